The molecule has 6 nitrogen and oxygen atoms in total. The summed E-state index contributed by atoms with van der Waals surface area (Å²) in [6.07, 6.45) is 2.26. The first-order chi connectivity index (χ1) is 11.1. The van der Waals surface area contributed by atoms with Crippen LogP contribution in [-0.4, -0.2) is 40.7 Å². The van der Waals surface area contributed by atoms with E-state index in [-0.39, 0.29) is 11.5 Å². The zero-order valence-electron chi connectivity index (χ0n) is 13.6. The van der Waals surface area contributed by atoms with E-state index >= 15 is 0 Å². The Balaban J connectivity index is 2.01. The third-order valence-electron chi connectivity index (χ3n) is 4.52. The highest BCUT2D eigenvalue weighted by atomic mass is 16.2. The minimum atomic E-state index is -0.276. The molecule has 3 rings (SSSR count). The van der Waals surface area contributed by atoms with Gasteiger partial charge in [-0.3, -0.25) is 14.5 Å². The Bertz CT molecular complexity index is 776. The molecule has 1 aliphatic rings. The van der Waals surface area contributed by atoms with Crippen molar-refractivity contribution < 1.29 is 4.79 Å². The Labute approximate surface area is 135 Å². The SMILES string of the molecule is CNC(=O)c1nn(CN2CCC(C)CC2)c(=O)c2ccccc12. The van der Waals surface area contributed by atoms with Crippen molar-refractivity contribution in [3.05, 3.63) is 40.3 Å². The van der Waals surface area contributed by atoms with Crippen molar-refractivity contribution in [3.63, 3.8) is 0 Å². The molecule has 6 heteroatoms. The molecule has 23 heavy (non-hydrogen) atoms. The molecule has 1 aliphatic heterocycles. The van der Waals surface area contributed by atoms with Crippen molar-refractivity contribution in [3.8, 4) is 0 Å². The molecule has 1 N–H and O–H groups in total. The van der Waals surface area contributed by atoms with Crippen molar-refractivity contribution in [2.24, 2.45) is 5.92 Å². The molecule has 1 saturated heterocycles. The van der Waals surface area contributed by atoms with E-state index in [1.54, 1.807) is 19.2 Å². The smallest absolute Gasteiger partial charge is 0.275 e. The normalized spacial score (nSPS) is 16.6. The molecule has 1 amide bonds. The number of hydrogen-bond acceptors (Lipinski definition) is 4. The Morgan fingerprint density at radius 2 is 1.91 bits per heavy atom. The van der Waals surface area contributed by atoms with E-state index in [0.29, 0.717) is 23.1 Å². The van der Waals surface area contributed by atoms with Gasteiger partial charge >= 0.3 is 0 Å². The minimum absolute atomic E-state index is 0.146. The lowest BCUT2D eigenvalue weighted by molar-refractivity contribution is 0.0954. The van der Waals surface area contributed by atoms with Gasteiger partial charge in [0.25, 0.3) is 11.5 Å². The summed E-state index contributed by atoms with van der Waals surface area (Å²) in [4.78, 5) is 27.0. The molecule has 0 unspecified atom stereocenters. The Morgan fingerprint density at radius 3 is 2.57 bits per heavy atom. The lowest BCUT2D eigenvalue weighted by Crippen LogP contribution is -2.39. The van der Waals surface area contributed by atoms with E-state index in [4.69, 9.17) is 0 Å². The number of hydrogen-bond donors (Lipinski definition) is 1. The maximum absolute atomic E-state index is 12.7. The Hall–Kier alpha value is -2.21. The van der Waals surface area contributed by atoms with Crippen molar-refractivity contribution in [2.75, 3.05) is 20.1 Å². The van der Waals surface area contributed by atoms with Gasteiger partial charge in [0.2, 0.25) is 0 Å². The van der Waals surface area contributed by atoms with Crippen LogP contribution in [0.2, 0.25) is 0 Å². The van der Waals surface area contributed by atoms with E-state index in [1.807, 2.05) is 12.1 Å². The molecular formula is C17H22N4O2. The lowest BCUT2D eigenvalue weighted by atomic mass is 10.00. The second-order valence-electron chi connectivity index (χ2n) is 6.22. The van der Waals surface area contributed by atoms with Crippen LogP contribution in [0.1, 0.15) is 30.3 Å². The molecule has 1 aromatic heterocycles. The van der Waals surface area contributed by atoms with Gasteiger partial charge in [-0.2, -0.15) is 5.10 Å². The highest BCUT2D eigenvalue weighted by Crippen LogP contribution is 2.17. The van der Waals surface area contributed by atoms with E-state index in [9.17, 15) is 9.59 Å². The predicted octanol–water partition coefficient (Wildman–Crippen LogP) is 1.45. The van der Waals surface area contributed by atoms with Crippen LogP contribution in [0.4, 0.5) is 0 Å². The molecule has 2 heterocycles. The number of nitrogens with zero attached hydrogens (tertiary/aromatic N) is 3. The molecule has 0 aliphatic carbocycles. The fourth-order valence-corrected chi connectivity index (χ4v) is 3.01. The Kier molecular flexibility index (Phi) is 4.43. The van der Waals surface area contributed by atoms with Gasteiger partial charge < -0.3 is 5.32 Å². The average Bonchev–Trinajstić information content (AvgIpc) is 2.58. The number of amides is 1. The zero-order chi connectivity index (χ0) is 16.4. The lowest BCUT2D eigenvalue weighted by Gasteiger charge is -2.30. The van der Waals surface area contributed by atoms with Gasteiger partial charge in [0.05, 0.1) is 12.1 Å². The number of rotatable bonds is 3. The van der Waals surface area contributed by atoms with Crippen molar-refractivity contribution in [1.29, 1.82) is 0 Å². The zero-order valence-corrected chi connectivity index (χ0v) is 13.6. The average molecular weight is 314 g/mol. The summed E-state index contributed by atoms with van der Waals surface area (Å²) in [7, 11) is 1.57. The summed E-state index contributed by atoms with van der Waals surface area (Å²) in [5.74, 6) is 0.455. The molecule has 0 spiro atoms. The molecule has 0 bridgehead atoms. The summed E-state index contributed by atoms with van der Waals surface area (Å²) in [5, 5.41) is 8.07. The molecule has 0 saturated carbocycles. The molecular weight excluding hydrogens is 292 g/mol. The van der Waals surface area contributed by atoms with Crippen LogP contribution in [-0.2, 0) is 6.67 Å². The van der Waals surface area contributed by atoms with E-state index in [1.165, 1.54) is 4.68 Å². The monoisotopic (exact) mass is 314 g/mol. The van der Waals surface area contributed by atoms with E-state index in [0.717, 1.165) is 31.8 Å². The van der Waals surface area contributed by atoms with Crippen LogP contribution in [0.25, 0.3) is 10.8 Å². The molecule has 122 valence electrons. The fraction of sp³-hybridized carbons (Fsp3) is 0.471. The van der Waals surface area contributed by atoms with Crippen molar-refractivity contribution >= 4 is 16.7 Å². The topological polar surface area (TPSA) is 67.2 Å². The largest absolute Gasteiger partial charge is 0.354 e. The van der Waals surface area contributed by atoms with Gasteiger partial charge in [-0.15, -0.1) is 0 Å². The Morgan fingerprint density at radius 1 is 1.26 bits per heavy atom. The number of carbonyl (C=O) groups is 1. The van der Waals surface area contributed by atoms with Crippen LogP contribution >= 0.6 is 0 Å². The highest BCUT2D eigenvalue weighted by Gasteiger charge is 2.19. The molecule has 1 aromatic carbocycles. The minimum Gasteiger partial charge on any atom is -0.354 e. The van der Waals surface area contributed by atoms with Gasteiger partial charge in [-0.1, -0.05) is 25.1 Å². The second-order valence-corrected chi connectivity index (χ2v) is 6.22. The fourth-order valence-electron chi connectivity index (χ4n) is 3.01. The first-order valence-electron chi connectivity index (χ1n) is 8.04. The molecule has 0 atom stereocenters. The summed E-state index contributed by atoms with van der Waals surface area (Å²) >= 11 is 0. The molecule has 2 aromatic rings. The van der Waals surface area contributed by atoms with Crippen molar-refractivity contribution in [1.82, 2.24) is 20.0 Å². The summed E-state index contributed by atoms with van der Waals surface area (Å²) in [5.41, 5.74) is 0.153. The third kappa shape index (κ3) is 3.12. The van der Waals surface area contributed by atoms with Crippen LogP contribution in [0.15, 0.2) is 29.1 Å². The summed E-state index contributed by atoms with van der Waals surface area (Å²) < 4.78 is 1.42. The number of piperidine rings is 1. The quantitative estimate of drug-likeness (QED) is 0.931. The summed E-state index contributed by atoms with van der Waals surface area (Å²) in [6, 6.07) is 7.14. The maximum Gasteiger partial charge on any atom is 0.275 e. The number of carbonyl (C=O) groups excluding carboxylic acids is 1. The van der Waals surface area contributed by atoms with Crippen LogP contribution in [0, 0.1) is 5.92 Å². The summed E-state index contributed by atoms with van der Waals surface area (Å²) in [6.45, 7) is 4.59. The van der Waals surface area contributed by atoms with Crippen LogP contribution in [0.5, 0.6) is 0 Å². The van der Waals surface area contributed by atoms with E-state index < -0.39 is 0 Å². The molecule has 0 radical (unpaired) electrons. The number of benzene rings is 1. The highest BCUT2D eigenvalue weighted by molar-refractivity contribution is 6.04. The number of nitrogens with one attached hydrogen (secondary N) is 1. The number of likely N-dealkylation sites (tertiary alicyclic amines) is 1. The third-order valence-corrected chi connectivity index (χ3v) is 4.52. The first-order valence-corrected chi connectivity index (χ1v) is 8.04. The number of aromatic nitrogens is 2. The maximum atomic E-state index is 12.7. The first kappa shape index (κ1) is 15.7. The number of fused-ring (bicyclic) bond motifs is 1. The second kappa shape index (κ2) is 6.50. The van der Waals surface area contributed by atoms with Gasteiger partial charge in [0.15, 0.2) is 5.69 Å². The molecule has 1 fully saturated rings. The standard InChI is InChI=1S/C17H22N4O2/c1-12-7-9-20(10-8-12)11-21-17(23)14-6-4-3-5-13(14)15(19-21)16(22)18-2/h3-6,12H,7-11H2,1-2H3,(H,18,22). The van der Waals surface area contributed by atoms with Gasteiger partial charge in [-0.05, 0) is 24.8 Å². The predicted molar refractivity (Wildman–Crippen MR) is 89.4 cm³/mol. The van der Waals surface area contributed by atoms with Crippen LogP contribution < -0.4 is 10.9 Å². The van der Waals surface area contributed by atoms with Gasteiger partial charge in [0.1, 0.15) is 0 Å². The van der Waals surface area contributed by atoms with Gasteiger partial charge in [-0.25, -0.2) is 4.68 Å². The van der Waals surface area contributed by atoms with Crippen LogP contribution in [0.3, 0.4) is 0 Å². The van der Waals surface area contributed by atoms with Crippen molar-refractivity contribution in [2.45, 2.75) is 26.4 Å². The van der Waals surface area contributed by atoms with E-state index in [2.05, 4.69) is 22.2 Å². The van der Waals surface area contributed by atoms with Gasteiger partial charge in [0, 0.05) is 25.5 Å².